The van der Waals surface area contributed by atoms with Crippen molar-refractivity contribution < 1.29 is 14.0 Å². The van der Waals surface area contributed by atoms with Gasteiger partial charge in [-0.3, -0.25) is 14.7 Å². The number of imide groups is 1. The Morgan fingerprint density at radius 2 is 2.16 bits per heavy atom. The number of hydrogen-bond acceptors (Lipinski definition) is 6. The summed E-state index contributed by atoms with van der Waals surface area (Å²) in [6.45, 7) is 9.82. The molecule has 3 amide bonds. The third-order valence-corrected chi connectivity index (χ3v) is 4.09. The van der Waals surface area contributed by atoms with Gasteiger partial charge in [0.2, 0.25) is 5.91 Å². The van der Waals surface area contributed by atoms with Gasteiger partial charge in [0.15, 0.2) is 11.0 Å². The molecule has 0 aliphatic heterocycles. The number of carbonyl (C=O) groups is 2. The lowest BCUT2D eigenvalue weighted by atomic mass is 10.2. The molecule has 2 aromatic heterocycles. The van der Waals surface area contributed by atoms with E-state index in [1.54, 1.807) is 12.3 Å². The maximum atomic E-state index is 11.8. The van der Waals surface area contributed by atoms with Gasteiger partial charge in [-0.1, -0.05) is 23.9 Å². The first-order valence-corrected chi connectivity index (χ1v) is 8.45. The summed E-state index contributed by atoms with van der Waals surface area (Å²) in [6, 6.07) is 1.25. The molecular formula is C16H19N5O3S. The summed E-state index contributed by atoms with van der Waals surface area (Å²) >= 11 is 1.18. The smallest absolute Gasteiger partial charge is 0.321 e. The molecule has 25 heavy (non-hydrogen) atoms. The highest BCUT2D eigenvalue weighted by Gasteiger charge is 2.18. The van der Waals surface area contributed by atoms with Crippen molar-refractivity contribution >= 4 is 23.7 Å². The Morgan fingerprint density at radius 3 is 2.80 bits per heavy atom. The lowest BCUT2D eigenvalue weighted by molar-refractivity contribution is -0.117. The molecule has 0 atom stereocenters. The first-order chi connectivity index (χ1) is 12.1. The Labute approximate surface area is 149 Å². The van der Waals surface area contributed by atoms with Gasteiger partial charge in [-0.25, -0.2) is 4.79 Å². The topological polar surface area (TPSA) is 102 Å². The molecule has 0 bridgehead atoms. The maximum absolute atomic E-state index is 11.8. The second-order valence-electron chi connectivity index (χ2n) is 4.93. The number of aryl methyl sites for hydroxylation is 1. The number of nitrogens with zero attached hydrogens (tertiary/aromatic N) is 3. The zero-order chi connectivity index (χ0) is 18.2. The molecule has 0 aliphatic carbocycles. The van der Waals surface area contributed by atoms with Crippen LogP contribution in [0.3, 0.4) is 0 Å². The Kier molecular flexibility index (Phi) is 6.58. The number of rotatable bonds is 8. The molecule has 0 aromatic carbocycles. The Balaban J connectivity index is 2.05. The summed E-state index contributed by atoms with van der Waals surface area (Å²) in [5, 5.41) is 13.6. The van der Waals surface area contributed by atoms with Gasteiger partial charge in [-0.05, 0) is 13.0 Å². The minimum Gasteiger partial charge on any atom is -0.469 e. The normalized spacial score (nSPS) is 10.3. The molecule has 0 aliphatic rings. The van der Waals surface area contributed by atoms with Crippen LogP contribution in [0.1, 0.15) is 5.76 Å². The summed E-state index contributed by atoms with van der Waals surface area (Å²) in [6.07, 6.45) is 4.82. The van der Waals surface area contributed by atoms with Gasteiger partial charge in [0.05, 0.1) is 17.6 Å². The zero-order valence-corrected chi connectivity index (χ0v) is 14.6. The Hall–Kier alpha value is -2.81. The van der Waals surface area contributed by atoms with Crippen LogP contribution in [0.2, 0.25) is 0 Å². The van der Waals surface area contributed by atoms with E-state index in [9.17, 15) is 9.59 Å². The van der Waals surface area contributed by atoms with E-state index >= 15 is 0 Å². The minimum absolute atomic E-state index is 0.0289. The molecular weight excluding hydrogens is 342 g/mol. The van der Waals surface area contributed by atoms with Gasteiger partial charge in [0.1, 0.15) is 5.76 Å². The van der Waals surface area contributed by atoms with E-state index in [0.29, 0.717) is 17.5 Å². The second kappa shape index (κ2) is 8.88. The number of carbonyl (C=O) groups excluding carboxylic acids is 2. The molecule has 0 saturated carbocycles. The number of allylic oxidation sites excluding steroid dienone is 1. The summed E-state index contributed by atoms with van der Waals surface area (Å²) in [5.74, 6) is 0.964. The number of hydrogen-bond donors (Lipinski definition) is 2. The van der Waals surface area contributed by atoms with Crippen molar-refractivity contribution in [2.24, 2.45) is 0 Å². The van der Waals surface area contributed by atoms with E-state index in [2.05, 4.69) is 34.0 Å². The number of urea groups is 1. The molecule has 8 nitrogen and oxygen atoms in total. The van der Waals surface area contributed by atoms with E-state index in [0.717, 1.165) is 11.3 Å². The van der Waals surface area contributed by atoms with Crippen LogP contribution in [0.25, 0.3) is 11.4 Å². The monoisotopic (exact) mass is 361 g/mol. The van der Waals surface area contributed by atoms with Gasteiger partial charge >= 0.3 is 6.03 Å². The fraction of sp³-hybridized carbons (Fsp3) is 0.250. The molecule has 0 radical (unpaired) electrons. The van der Waals surface area contributed by atoms with Gasteiger partial charge < -0.3 is 9.73 Å². The highest BCUT2D eigenvalue weighted by molar-refractivity contribution is 7.99. The van der Waals surface area contributed by atoms with Crippen LogP contribution in [0.4, 0.5) is 4.79 Å². The van der Waals surface area contributed by atoms with E-state index in [-0.39, 0.29) is 12.3 Å². The molecule has 2 rings (SSSR count). The molecule has 2 heterocycles. The van der Waals surface area contributed by atoms with Gasteiger partial charge in [-0.15, -0.1) is 23.4 Å². The quantitative estimate of drug-likeness (QED) is 0.552. The SMILES string of the molecule is C=CCNC(=O)NC(=O)CSc1nnc(-c2ccoc2C)n1CC=C. The summed E-state index contributed by atoms with van der Waals surface area (Å²) in [4.78, 5) is 23.3. The van der Waals surface area contributed by atoms with Crippen molar-refractivity contribution in [2.45, 2.75) is 18.6 Å². The molecule has 0 spiro atoms. The van der Waals surface area contributed by atoms with Crippen molar-refractivity contribution in [3.8, 4) is 11.4 Å². The maximum Gasteiger partial charge on any atom is 0.321 e. The predicted octanol–water partition coefficient (Wildman–Crippen LogP) is 2.14. The molecule has 0 fully saturated rings. The minimum atomic E-state index is -0.562. The molecule has 132 valence electrons. The third kappa shape index (κ3) is 4.83. The number of furan rings is 1. The van der Waals surface area contributed by atoms with Crippen LogP contribution in [-0.2, 0) is 11.3 Å². The van der Waals surface area contributed by atoms with Crippen LogP contribution in [0.15, 0.2) is 47.2 Å². The zero-order valence-electron chi connectivity index (χ0n) is 13.8. The number of thioether (sulfide) groups is 1. The first kappa shape index (κ1) is 18.5. The van der Waals surface area contributed by atoms with E-state index in [1.165, 1.54) is 17.8 Å². The van der Waals surface area contributed by atoms with Crippen molar-refractivity contribution in [3.05, 3.63) is 43.4 Å². The summed E-state index contributed by atoms with van der Waals surface area (Å²) in [5.41, 5.74) is 0.828. The molecule has 0 unspecified atom stereocenters. The standard InChI is InChI=1S/C16H19N5O3S/c1-4-7-17-15(23)18-13(22)10-25-16-20-19-14(21(16)8-5-2)12-6-9-24-11(12)3/h4-6,9H,1-2,7-8,10H2,3H3,(H2,17,18,22,23). The average molecular weight is 361 g/mol. The molecule has 2 aromatic rings. The van der Waals surface area contributed by atoms with Crippen LogP contribution >= 0.6 is 11.8 Å². The van der Waals surface area contributed by atoms with Crippen LogP contribution in [0.5, 0.6) is 0 Å². The average Bonchev–Trinajstić information content (AvgIpc) is 3.17. The largest absolute Gasteiger partial charge is 0.469 e. The van der Waals surface area contributed by atoms with Crippen molar-refractivity contribution in [2.75, 3.05) is 12.3 Å². The lowest BCUT2D eigenvalue weighted by Crippen LogP contribution is -2.40. The van der Waals surface area contributed by atoms with Gasteiger partial charge in [0, 0.05) is 13.1 Å². The van der Waals surface area contributed by atoms with Crippen LogP contribution in [0, 0.1) is 6.92 Å². The van der Waals surface area contributed by atoms with Gasteiger partial charge in [-0.2, -0.15) is 0 Å². The lowest BCUT2D eigenvalue weighted by Gasteiger charge is -2.07. The first-order valence-electron chi connectivity index (χ1n) is 7.46. The third-order valence-electron chi connectivity index (χ3n) is 3.12. The summed E-state index contributed by atoms with van der Waals surface area (Å²) in [7, 11) is 0. The second-order valence-corrected chi connectivity index (χ2v) is 5.87. The molecule has 0 saturated heterocycles. The van der Waals surface area contributed by atoms with Gasteiger partial charge in [0.25, 0.3) is 0 Å². The Morgan fingerprint density at radius 1 is 1.36 bits per heavy atom. The van der Waals surface area contributed by atoms with Crippen molar-refractivity contribution in [1.29, 1.82) is 0 Å². The number of nitrogens with one attached hydrogen (secondary N) is 2. The van der Waals surface area contributed by atoms with Crippen molar-refractivity contribution in [3.63, 3.8) is 0 Å². The van der Waals surface area contributed by atoms with E-state index in [4.69, 9.17) is 4.42 Å². The fourth-order valence-corrected chi connectivity index (χ4v) is 2.75. The van der Waals surface area contributed by atoms with E-state index in [1.807, 2.05) is 17.6 Å². The van der Waals surface area contributed by atoms with Crippen molar-refractivity contribution in [1.82, 2.24) is 25.4 Å². The van der Waals surface area contributed by atoms with Crippen LogP contribution in [-0.4, -0.2) is 39.0 Å². The molecule has 9 heteroatoms. The highest BCUT2D eigenvalue weighted by atomic mass is 32.2. The Bertz CT molecular complexity index is 781. The fourth-order valence-electron chi connectivity index (χ4n) is 2.01. The molecule has 2 N–H and O–H groups in total. The highest BCUT2D eigenvalue weighted by Crippen LogP contribution is 2.26. The predicted molar refractivity (Wildman–Crippen MR) is 95.1 cm³/mol. The number of aromatic nitrogens is 3. The summed E-state index contributed by atoms with van der Waals surface area (Å²) < 4.78 is 7.14. The number of amides is 3. The van der Waals surface area contributed by atoms with E-state index < -0.39 is 11.9 Å². The van der Waals surface area contributed by atoms with Crippen LogP contribution < -0.4 is 10.6 Å².